The van der Waals surface area contributed by atoms with E-state index >= 15 is 0 Å². The molecule has 264 valence electrons. The first-order valence-corrected chi connectivity index (χ1v) is 18.7. The molecular weight excluding hydrogens is 645 g/mol. The van der Waals surface area contributed by atoms with E-state index in [4.69, 9.17) is 4.74 Å². The molecule has 1 heterocycles. The van der Waals surface area contributed by atoms with E-state index in [0.717, 1.165) is 34.1 Å². The van der Waals surface area contributed by atoms with Crippen molar-refractivity contribution in [1.82, 2.24) is 4.90 Å². The molecule has 4 atom stereocenters. The lowest BCUT2D eigenvalue weighted by Crippen LogP contribution is -2.54. The molecule has 3 aliphatic rings. The maximum absolute atomic E-state index is 14.5. The molecule has 4 aromatic rings. The zero-order chi connectivity index (χ0) is 35.3. The first kappa shape index (κ1) is 36.0. The van der Waals surface area contributed by atoms with E-state index in [1.165, 1.54) is 16.9 Å². The third-order valence-corrected chi connectivity index (χ3v) is 12.2. The van der Waals surface area contributed by atoms with E-state index in [1.807, 2.05) is 66.7 Å². The summed E-state index contributed by atoms with van der Waals surface area (Å²) in [5, 5.41) is 28.0. The predicted octanol–water partition coefficient (Wildman–Crippen LogP) is 8.74. The van der Waals surface area contributed by atoms with Crippen LogP contribution in [0.2, 0.25) is 0 Å². The topological polar surface area (TPSA) is 99.1 Å². The first-order valence-electron chi connectivity index (χ1n) is 17.9. The van der Waals surface area contributed by atoms with Crippen molar-refractivity contribution in [2.45, 2.75) is 82.8 Å². The van der Waals surface area contributed by atoms with Crippen LogP contribution in [-0.2, 0) is 11.2 Å². The van der Waals surface area contributed by atoms with Gasteiger partial charge in [-0.1, -0.05) is 67.1 Å². The molecular formula is C42H50N2O5S. The minimum absolute atomic E-state index is 0.0263. The van der Waals surface area contributed by atoms with Crippen LogP contribution in [0.5, 0.6) is 0 Å². The predicted molar refractivity (Wildman–Crippen MR) is 202 cm³/mol. The number of urea groups is 1. The molecule has 1 fully saturated rings. The molecule has 3 aromatic carbocycles. The van der Waals surface area contributed by atoms with E-state index in [0.29, 0.717) is 67.8 Å². The number of aliphatic hydroxyl groups excluding tert-OH is 1. The van der Waals surface area contributed by atoms with E-state index < -0.39 is 17.1 Å². The second-order valence-corrected chi connectivity index (χ2v) is 15.6. The fourth-order valence-electron chi connectivity index (χ4n) is 8.12. The molecule has 0 spiro atoms. The number of aliphatic hydroxyl groups is 2. The molecule has 0 radical (unpaired) electrons. The van der Waals surface area contributed by atoms with Gasteiger partial charge in [-0.2, -0.15) is 0 Å². The fraction of sp³-hybridized carbons (Fsp3) is 0.429. The zero-order valence-corrected chi connectivity index (χ0v) is 30.3. The summed E-state index contributed by atoms with van der Waals surface area (Å²) in [6.07, 6.45) is 6.86. The van der Waals surface area contributed by atoms with Crippen LogP contribution in [-0.4, -0.2) is 65.4 Å². The quantitative estimate of drug-likeness (QED) is 0.0925. The minimum Gasteiger partial charge on any atom is -0.393 e. The summed E-state index contributed by atoms with van der Waals surface area (Å²) in [5.41, 5.74) is 2.55. The van der Waals surface area contributed by atoms with Crippen LogP contribution in [0.15, 0.2) is 90.5 Å². The van der Waals surface area contributed by atoms with Gasteiger partial charge in [0.2, 0.25) is 5.78 Å². The van der Waals surface area contributed by atoms with Gasteiger partial charge in [0.15, 0.2) is 0 Å². The summed E-state index contributed by atoms with van der Waals surface area (Å²) >= 11 is 1.50. The number of allylic oxidation sites excluding steroid dienone is 2. The average Bonchev–Trinajstić information content (AvgIpc) is 3.65. The van der Waals surface area contributed by atoms with Gasteiger partial charge in [-0.3, -0.25) is 4.79 Å². The summed E-state index contributed by atoms with van der Waals surface area (Å²) < 4.78 is 6.40. The molecule has 8 heteroatoms. The number of nitrogens with one attached hydrogen (secondary N) is 1. The van der Waals surface area contributed by atoms with Crippen molar-refractivity contribution in [2.24, 2.45) is 5.41 Å². The number of ketones is 1. The number of benzene rings is 3. The van der Waals surface area contributed by atoms with Crippen molar-refractivity contribution in [3.63, 3.8) is 0 Å². The molecule has 2 bridgehead atoms. The molecule has 50 heavy (non-hydrogen) atoms. The highest BCUT2D eigenvalue weighted by atomic mass is 32.1. The van der Waals surface area contributed by atoms with Crippen LogP contribution in [0.1, 0.15) is 91.1 Å². The molecule has 2 amide bonds. The Morgan fingerprint density at radius 1 is 1.02 bits per heavy atom. The number of ether oxygens (including phenoxy) is 1. The number of para-hydroxylation sites is 1. The summed E-state index contributed by atoms with van der Waals surface area (Å²) in [6, 6.07) is 25.3. The average molecular weight is 695 g/mol. The number of rotatable bonds is 9. The third kappa shape index (κ3) is 7.74. The van der Waals surface area contributed by atoms with Gasteiger partial charge < -0.3 is 25.2 Å². The van der Waals surface area contributed by atoms with Gasteiger partial charge in [-0.15, -0.1) is 11.3 Å². The number of thiophene rings is 1. The lowest BCUT2D eigenvalue weighted by molar-refractivity contribution is -0.0767. The van der Waals surface area contributed by atoms with Crippen molar-refractivity contribution < 1.29 is 24.5 Å². The van der Waals surface area contributed by atoms with Gasteiger partial charge in [0.1, 0.15) is 0 Å². The van der Waals surface area contributed by atoms with E-state index in [1.54, 1.807) is 12.0 Å². The van der Waals surface area contributed by atoms with Crippen LogP contribution in [0, 0.1) is 5.41 Å². The molecule has 1 aromatic heterocycles. The fourth-order valence-corrected chi connectivity index (χ4v) is 9.13. The Balaban J connectivity index is 1.40. The smallest absolute Gasteiger partial charge is 0.321 e. The second-order valence-electron chi connectivity index (χ2n) is 14.5. The number of hydrogen-bond donors (Lipinski definition) is 3. The summed E-state index contributed by atoms with van der Waals surface area (Å²) in [6.45, 7) is 5.37. The Labute approximate surface area is 300 Å². The largest absolute Gasteiger partial charge is 0.393 e. The van der Waals surface area contributed by atoms with Crippen LogP contribution in [0.3, 0.4) is 0 Å². The number of amides is 2. The molecule has 1 saturated carbocycles. The van der Waals surface area contributed by atoms with Gasteiger partial charge in [0, 0.05) is 41.6 Å². The molecule has 0 unspecified atom stereocenters. The number of methoxy groups -OCH3 is 1. The Hall–Kier alpha value is -3.82. The first-order chi connectivity index (χ1) is 24.1. The molecule has 0 saturated heterocycles. The van der Waals surface area contributed by atoms with Gasteiger partial charge in [-0.25, -0.2) is 4.79 Å². The van der Waals surface area contributed by atoms with Crippen molar-refractivity contribution in [1.29, 1.82) is 0 Å². The zero-order valence-electron chi connectivity index (χ0n) is 29.5. The Kier molecular flexibility index (Phi) is 11.2. The summed E-state index contributed by atoms with van der Waals surface area (Å²) in [5.74, 6) is -0.156. The SMILES string of the molecule is COCCCN(C[C@]1(O)CC[C@H]2c3ccc(cc3C(=O)c3cc4ccccc4s3)C[C@@H](O)CCC(C)=CCC[C@@]21C)C(=O)Nc1ccccc1. The van der Waals surface area contributed by atoms with Crippen LogP contribution < -0.4 is 5.32 Å². The van der Waals surface area contributed by atoms with Crippen molar-refractivity contribution >= 4 is 38.9 Å². The maximum Gasteiger partial charge on any atom is 0.321 e. The number of fused-ring (bicyclic) bond motifs is 9. The molecule has 7 nitrogen and oxygen atoms in total. The van der Waals surface area contributed by atoms with Gasteiger partial charge in [-0.05, 0) is 111 Å². The van der Waals surface area contributed by atoms with E-state index in [2.05, 4.69) is 37.4 Å². The summed E-state index contributed by atoms with van der Waals surface area (Å²) in [7, 11) is 1.65. The molecule has 0 aliphatic heterocycles. The number of carbonyl (C=O) groups excluding carboxylic acids is 2. The van der Waals surface area contributed by atoms with E-state index in [-0.39, 0.29) is 24.3 Å². The normalized spacial score (nSPS) is 24.0. The van der Waals surface area contributed by atoms with Crippen LogP contribution in [0.4, 0.5) is 10.5 Å². The highest BCUT2D eigenvalue weighted by molar-refractivity contribution is 7.21. The lowest BCUT2D eigenvalue weighted by atomic mass is 9.64. The highest BCUT2D eigenvalue weighted by Gasteiger charge is 2.57. The highest BCUT2D eigenvalue weighted by Crippen LogP contribution is 2.59. The van der Waals surface area contributed by atoms with Gasteiger partial charge in [0.25, 0.3) is 0 Å². The Bertz CT molecular complexity index is 1800. The second kappa shape index (κ2) is 15.6. The van der Waals surface area contributed by atoms with Crippen molar-refractivity contribution in [2.75, 3.05) is 32.1 Å². The molecule has 3 aliphatic carbocycles. The minimum atomic E-state index is -1.22. The van der Waals surface area contributed by atoms with Crippen LogP contribution >= 0.6 is 11.3 Å². The number of nitrogens with zero attached hydrogens (tertiary/aromatic N) is 1. The monoisotopic (exact) mass is 694 g/mol. The van der Waals surface area contributed by atoms with Crippen molar-refractivity contribution in [3.05, 3.63) is 112 Å². The lowest BCUT2D eigenvalue weighted by Gasteiger charge is -2.46. The maximum atomic E-state index is 14.5. The van der Waals surface area contributed by atoms with Gasteiger partial charge in [0.05, 0.1) is 23.1 Å². The van der Waals surface area contributed by atoms with Crippen LogP contribution in [0.25, 0.3) is 10.1 Å². The van der Waals surface area contributed by atoms with Gasteiger partial charge >= 0.3 is 6.03 Å². The standard InChI is InChI=1S/C42H50N2O5S/c1-29-11-9-21-41(2)36(20-22-42(41,48)28-44(23-10-24-49-3)40(47)43-32-13-5-4-6-14-32)34-19-17-30(25-33(45)18-16-29)26-35(34)39(46)38-27-31-12-7-8-15-37(31)50-38/h4-8,11-15,17,19,26-27,33,36,45,48H,9-10,16,18,20-25,28H2,1-3H3,(H,43,47)/t33-,36-,41-,42+/m0/s1. The molecule has 7 rings (SSSR count). The number of anilines is 1. The number of carbonyl (C=O) groups is 2. The van der Waals surface area contributed by atoms with Crippen molar-refractivity contribution in [3.8, 4) is 0 Å². The summed E-state index contributed by atoms with van der Waals surface area (Å²) in [4.78, 5) is 30.8. The molecule has 3 N–H and O–H groups in total. The number of hydrogen-bond acceptors (Lipinski definition) is 6. The Morgan fingerprint density at radius 3 is 2.58 bits per heavy atom. The Morgan fingerprint density at radius 2 is 1.80 bits per heavy atom. The third-order valence-electron chi connectivity index (χ3n) is 11.1. The van der Waals surface area contributed by atoms with E-state index in [9.17, 15) is 19.8 Å².